The van der Waals surface area contributed by atoms with Gasteiger partial charge in [0.2, 0.25) is 11.8 Å². The van der Waals surface area contributed by atoms with Crippen molar-refractivity contribution >= 4 is 17.9 Å². The van der Waals surface area contributed by atoms with E-state index in [4.69, 9.17) is 4.74 Å². The summed E-state index contributed by atoms with van der Waals surface area (Å²) in [6.07, 6.45) is 0.915. The first kappa shape index (κ1) is 28.4. The van der Waals surface area contributed by atoms with E-state index in [2.05, 4.69) is 10.6 Å². The van der Waals surface area contributed by atoms with Crippen LogP contribution in [0.1, 0.15) is 77.1 Å². The van der Waals surface area contributed by atoms with Gasteiger partial charge in [-0.3, -0.25) is 9.59 Å². The second-order valence-electron chi connectivity index (χ2n) is 9.53. The maximum atomic E-state index is 13.4. The lowest BCUT2D eigenvalue weighted by molar-refractivity contribution is -0.143. The quantitative estimate of drug-likeness (QED) is 0.493. The molecule has 0 aromatic heterocycles. The van der Waals surface area contributed by atoms with Crippen LogP contribution in [-0.4, -0.2) is 58.8 Å². The third kappa shape index (κ3) is 9.04. The van der Waals surface area contributed by atoms with Gasteiger partial charge in [0.1, 0.15) is 17.7 Å². The van der Waals surface area contributed by atoms with Crippen molar-refractivity contribution in [1.82, 2.24) is 15.5 Å². The molecular weight excluding hydrogens is 422 g/mol. The number of hydrogen-bond donors (Lipinski definition) is 3. The fraction of sp³-hybridized carbons (Fsp3) is 0.640. The first-order chi connectivity index (χ1) is 15.3. The Balaban J connectivity index is 3.32. The highest BCUT2D eigenvalue weighted by Gasteiger charge is 2.35. The number of aliphatic hydroxyl groups is 1. The van der Waals surface area contributed by atoms with Crippen molar-refractivity contribution < 1.29 is 24.2 Å². The van der Waals surface area contributed by atoms with Gasteiger partial charge in [0.05, 0.1) is 6.61 Å². The van der Waals surface area contributed by atoms with Crippen molar-refractivity contribution in [1.29, 1.82) is 0 Å². The molecule has 0 saturated heterocycles. The molecule has 1 rings (SSSR count). The molecule has 186 valence electrons. The van der Waals surface area contributed by atoms with E-state index in [1.807, 2.05) is 45.9 Å². The zero-order chi connectivity index (χ0) is 25.3. The number of aliphatic hydroxyl groups excluding tert-OH is 1. The summed E-state index contributed by atoms with van der Waals surface area (Å²) in [5.74, 6) is -0.863. The Labute approximate surface area is 198 Å². The predicted molar refractivity (Wildman–Crippen MR) is 129 cm³/mol. The summed E-state index contributed by atoms with van der Waals surface area (Å²) in [6.45, 7) is 14.3. The van der Waals surface area contributed by atoms with Crippen LogP contribution in [0, 0.1) is 13.8 Å². The number of nitrogens with one attached hydrogen (secondary N) is 2. The number of hydrogen-bond acceptors (Lipinski definition) is 5. The molecule has 33 heavy (non-hydrogen) atoms. The van der Waals surface area contributed by atoms with E-state index in [-0.39, 0.29) is 18.5 Å². The normalized spacial score (nSPS) is 14.1. The molecule has 3 atom stereocenters. The van der Waals surface area contributed by atoms with Crippen molar-refractivity contribution in [2.45, 2.75) is 92.0 Å². The van der Waals surface area contributed by atoms with Crippen molar-refractivity contribution in [2.75, 3.05) is 13.2 Å². The van der Waals surface area contributed by atoms with Gasteiger partial charge in [0.25, 0.3) is 0 Å². The number of rotatable bonds is 10. The highest BCUT2D eigenvalue weighted by atomic mass is 16.6. The lowest BCUT2D eigenvalue weighted by atomic mass is 9.98. The molecule has 3 N–H and O–H groups in total. The van der Waals surface area contributed by atoms with Crippen molar-refractivity contribution in [3.63, 3.8) is 0 Å². The van der Waals surface area contributed by atoms with Gasteiger partial charge >= 0.3 is 6.09 Å². The standard InChI is InChI=1S/C25H41N3O5/c1-9-11-18(5)26-22(30)21(19-13-16(3)12-17(4)14-19)28(10-2)23(31)20(15-29)27-24(32)33-25(6,7)8/h12-14,18,20-21,29H,9-11,15H2,1-8H3,(H,26,30)(H,27,32). The number of ether oxygens (including phenoxy) is 1. The molecule has 3 unspecified atom stereocenters. The number of nitrogens with zero attached hydrogens (tertiary/aromatic N) is 1. The van der Waals surface area contributed by atoms with E-state index >= 15 is 0 Å². The monoisotopic (exact) mass is 463 g/mol. The molecule has 3 amide bonds. The third-order valence-electron chi connectivity index (χ3n) is 5.03. The molecule has 0 aliphatic carbocycles. The number of alkyl carbamates (subject to hydrolysis) is 1. The highest BCUT2D eigenvalue weighted by molar-refractivity contribution is 5.92. The number of amides is 3. The van der Waals surface area contributed by atoms with Gasteiger partial charge in [-0.1, -0.05) is 42.7 Å². The van der Waals surface area contributed by atoms with Crippen molar-refractivity contribution in [3.8, 4) is 0 Å². The maximum absolute atomic E-state index is 13.4. The zero-order valence-corrected chi connectivity index (χ0v) is 21.3. The second kappa shape index (κ2) is 12.6. The van der Waals surface area contributed by atoms with E-state index in [1.165, 1.54) is 4.90 Å². The number of benzene rings is 1. The Bertz CT molecular complexity index is 799. The molecule has 0 heterocycles. The summed E-state index contributed by atoms with van der Waals surface area (Å²) in [7, 11) is 0. The van der Waals surface area contributed by atoms with Gasteiger partial charge in [0.15, 0.2) is 0 Å². The van der Waals surface area contributed by atoms with Gasteiger partial charge in [-0.15, -0.1) is 0 Å². The van der Waals surface area contributed by atoms with Crippen LogP contribution in [0.2, 0.25) is 0 Å². The van der Waals surface area contributed by atoms with Crippen LogP contribution in [0.3, 0.4) is 0 Å². The van der Waals surface area contributed by atoms with Crippen LogP contribution >= 0.6 is 0 Å². The lowest BCUT2D eigenvalue weighted by Gasteiger charge is -2.34. The Kier molecular flexibility index (Phi) is 10.8. The smallest absolute Gasteiger partial charge is 0.408 e. The first-order valence-electron chi connectivity index (χ1n) is 11.6. The van der Waals surface area contributed by atoms with Gasteiger partial charge in [-0.25, -0.2) is 4.79 Å². The third-order valence-corrected chi connectivity index (χ3v) is 5.03. The van der Waals surface area contributed by atoms with Crippen LogP contribution in [0.15, 0.2) is 18.2 Å². The van der Waals surface area contributed by atoms with E-state index in [0.717, 1.165) is 24.0 Å². The minimum Gasteiger partial charge on any atom is -0.444 e. The molecule has 8 nitrogen and oxygen atoms in total. The SMILES string of the molecule is CCCC(C)NC(=O)C(c1cc(C)cc(C)c1)N(CC)C(=O)C(CO)NC(=O)OC(C)(C)C. The van der Waals surface area contributed by atoms with E-state index in [1.54, 1.807) is 27.7 Å². The molecule has 8 heteroatoms. The molecule has 0 bridgehead atoms. The summed E-state index contributed by atoms with van der Waals surface area (Å²) in [4.78, 5) is 40.4. The van der Waals surface area contributed by atoms with Crippen LogP contribution in [0.25, 0.3) is 0 Å². The van der Waals surface area contributed by atoms with Gasteiger partial charge in [-0.05, 0) is 60.5 Å². The number of likely N-dealkylation sites (N-methyl/N-ethyl adjacent to an activating group) is 1. The van der Waals surface area contributed by atoms with Crippen LogP contribution in [0.5, 0.6) is 0 Å². The van der Waals surface area contributed by atoms with Crippen molar-refractivity contribution in [3.05, 3.63) is 34.9 Å². The highest BCUT2D eigenvalue weighted by Crippen LogP contribution is 2.25. The largest absolute Gasteiger partial charge is 0.444 e. The van der Waals surface area contributed by atoms with E-state index < -0.39 is 36.3 Å². The molecule has 0 saturated carbocycles. The van der Waals surface area contributed by atoms with Gasteiger partial charge in [-0.2, -0.15) is 0 Å². The average Bonchev–Trinajstić information content (AvgIpc) is 2.67. The Hall–Kier alpha value is -2.61. The summed E-state index contributed by atoms with van der Waals surface area (Å²) in [5.41, 5.74) is 1.86. The molecule has 1 aromatic rings. The topological polar surface area (TPSA) is 108 Å². The fourth-order valence-electron chi connectivity index (χ4n) is 3.77. The lowest BCUT2D eigenvalue weighted by Crippen LogP contribution is -2.54. The van der Waals surface area contributed by atoms with E-state index in [9.17, 15) is 19.5 Å². The van der Waals surface area contributed by atoms with Crippen molar-refractivity contribution in [2.24, 2.45) is 0 Å². The number of aryl methyl sites for hydroxylation is 2. The minimum absolute atomic E-state index is 0.0572. The molecule has 0 spiro atoms. The van der Waals surface area contributed by atoms with Crippen LogP contribution in [0.4, 0.5) is 4.79 Å². The Morgan fingerprint density at radius 1 is 1.06 bits per heavy atom. The summed E-state index contributed by atoms with van der Waals surface area (Å²) in [6, 6.07) is 3.55. The maximum Gasteiger partial charge on any atom is 0.408 e. The summed E-state index contributed by atoms with van der Waals surface area (Å²) in [5, 5.41) is 15.3. The summed E-state index contributed by atoms with van der Waals surface area (Å²) >= 11 is 0. The molecular formula is C25H41N3O5. The molecule has 0 aliphatic heterocycles. The Morgan fingerprint density at radius 3 is 2.09 bits per heavy atom. The molecule has 0 aliphatic rings. The van der Waals surface area contributed by atoms with E-state index in [0.29, 0.717) is 5.56 Å². The zero-order valence-electron chi connectivity index (χ0n) is 21.3. The predicted octanol–water partition coefficient (Wildman–Crippen LogP) is 3.38. The number of carbonyl (C=O) groups is 3. The molecule has 0 radical (unpaired) electrons. The number of carbonyl (C=O) groups excluding carboxylic acids is 3. The summed E-state index contributed by atoms with van der Waals surface area (Å²) < 4.78 is 5.23. The molecule has 0 fully saturated rings. The second-order valence-corrected chi connectivity index (χ2v) is 9.53. The fourth-order valence-corrected chi connectivity index (χ4v) is 3.77. The average molecular weight is 464 g/mol. The Morgan fingerprint density at radius 2 is 1.64 bits per heavy atom. The van der Waals surface area contributed by atoms with Crippen LogP contribution < -0.4 is 10.6 Å². The van der Waals surface area contributed by atoms with Crippen LogP contribution in [-0.2, 0) is 14.3 Å². The van der Waals surface area contributed by atoms with Gasteiger partial charge < -0.3 is 25.4 Å². The molecule has 1 aromatic carbocycles. The minimum atomic E-state index is -1.24. The van der Waals surface area contributed by atoms with Gasteiger partial charge in [0, 0.05) is 12.6 Å². The first-order valence-corrected chi connectivity index (χ1v) is 11.6.